The van der Waals surface area contributed by atoms with Gasteiger partial charge in [0.15, 0.2) is 5.16 Å². The number of nitrogen functional groups attached to an aromatic ring is 1. The van der Waals surface area contributed by atoms with Crippen molar-refractivity contribution in [3.05, 3.63) is 47.4 Å². The second-order valence-electron chi connectivity index (χ2n) is 4.41. The van der Waals surface area contributed by atoms with Crippen LogP contribution in [-0.2, 0) is 0 Å². The molecule has 2 heterocycles. The Bertz CT molecular complexity index is 625. The Balaban J connectivity index is 2.21. The first-order valence-electron chi connectivity index (χ1n) is 6.04. The maximum atomic E-state index is 5.87. The molecule has 2 aromatic heterocycles. The Morgan fingerprint density at radius 2 is 2.15 bits per heavy atom. The molecular formula is C14H15ClN4S. The fraction of sp³-hybridized carbons (Fsp3) is 0.214. The third kappa shape index (κ3) is 3.71. The summed E-state index contributed by atoms with van der Waals surface area (Å²) in [6, 6.07) is 5.49. The summed E-state index contributed by atoms with van der Waals surface area (Å²) < 4.78 is 0. The molecule has 0 fully saturated rings. The normalized spacial score (nSPS) is 12.2. The molecule has 1 atom stereocenters. The van der Waals surface area contributed by atoms with Gasteiger partial charge in [0.2, 0.25) is 0 Å². The molecular weight excluding hydrogens is 292 g/mol. The molecule has 0 aliphatic rings. The summed E-state index contributed by atoms with van der Waals surface area (Å²) in [6.07, 6.45) is 1.78. The number of halogens is 1. The van der Waals surface area contributed by atoms with Gasteiger partial charge in [-0.05, 0) is 31.5 Å². The molecule has 0 aliphatic carbocycles. The van der Waals surface area contributed by atoms with Gasteiger partial charge in [0, 0.05) is 12.3 Å². The van der Waals surface area contributed by atoms with E-state index in [2.05, 4.69) is 21.5 Å². The van der Waals surface area contributed by atoms with Crippen LogP contribution in [0.2, 0.25) is 5.15 Å². The molecule has 0 aromatic carbocycles. The summed E-state index contributed by atoms with van der Waals surface area (Å²) in [7, 11) is 0. The van der Waals surface area contributed by atoms with Crippen LogP contribution in [0.4, 0.5) is 5.82 Å². The fourth-order valence-corrected chi connectivity index (χ4v) is 2.74. The molecule has 2 rings (SSSR count). The van der Waals surface area contributed by atoms with Gasteiger partial charge in [0.05, 0.1) is 10.9 Å². The average molecular weight is 307 g/mol. The molecule has 0 bridgehead atoms. The Kier molecular flexibility index (Phi) is 4.62. The van der Waals surface area contributed by atoms with Crippen LogP contribution >= 0.6 is 23.4 Å². The molecule has 1 unspecified atom stereocenters. The third-order valence-electron chi connectivity index (χ3n) is 2.67. The molecule has 0 saturated carbocycles. The van der Waals surface area contributed by atoms with Gasteiger partial charge < -0.3 is 5.73 Å². The van der Waals surface area contributed by atoms with E-state index < -0.39 is 0 Å². The first kappa shape index (κ1) is 14.8. The van der Waals surface area contributed by atoms with Crippen molar-refractivity contribution in [2.24, 2.45) is 0 Å². The topological polar surface area (TPSA) is 64.7 Å². The van der Waals surface area contributed by atoms with Gasteiger partial charge in [-0.1, -0.05) is 35.5 Å². The number of nitrogens with zero attached hydrogens (tertiary/aromatic N) is 3. The summed E-state index contributed by atoms with van der Waals surface area (Å²) in [4.78, 5) is 12.7. The zero-order valence-corrected chi connectivity index (χ0v) is 12.9. The number of allylic oxidation sites excluding steroid dienone is 1. The number of rotatable bonds is 4. The molecule has 0 amide bonds. The Morgan fingerprint density at radius 3 is 2.80 bits per heavy atom. The highest BCUT2D eigenvalue weighted by atomic mass is 35.5. The van der Waals surface area contributed by atoms with Crippen LogP contribution in [0.25, 0.3) is 5.57 Å². The zero-order chi connectivity index (χ0) is 14.7. The van der Waals surface area contributed by atoms with E-state index in [0.717, 1.165) is 16.8 Å². The lowest BCUT2D eigenvalue weighted by Gasteiger charge is -2.11. The number of pyridine rings is 1. The van der Waals surface area contributed by atoms with Gasteiger partial charge in [-0.25, -0.2) is 9.97 Å². The SMILES string of the molecule is C=C(C)c1ccnc(C(C)Sc2nc(N)cc(Cl)n2)c1. The lowest BCUT2D eigenvalue weighted by atomic mass is 10.1. The summed E-state index contributed by atoms with van der Waals surface area (Å²) >= 11 is 7.34. The van der Waals surface area contributed by atoms with Crippen LogP contribution < -0.4 is 5.73 Å². The van der Waals surface area contributed by atoms with Crippen molar-refractivity contribution < 1.29 is 0 Å². The number of nitrogens with two attached hydrogens (primary N) is 1. The molecule has 0 spiro atoms. The minimum absolute atomic E-state index is 0.0900. The highest BCUT2D eigenvalue weighted by molar-refractivity contribution is 7.99. The van der Waals surface area contributed by atoms with Crippen molar-refractivity contribution in [2.75, 3.05) is 5.73 Å². The van der Waals surface area contributed by atoms with E-state index in [0.29, 0.717) is 16.1 Å². The minimum Gasteiger partial charge on any atom is -0.384 e. The van der Waals surface area contributed by atoms with Crippen molar-refractivity contribution >= 4 is 34.8 Å². The number of aromatic nitrogens is 3. The smallest absolute Gasteiger partial charge is 0.191 e. The molecule has 0 radical (unpaired) electrons. The molecule has 2 aromatic rings. The summed E-state index contributed by atoms with van der Waals surface area (Å²) in [5.74, 6) is 0.364. The van der Waals surface area contributed by atoms with E-state index in [1.165, 1.54) is 17.8 Å². The first-order chi connectivity index (χ1) is 9.45. The van der Waals surface area contributed by atoms with Crippen LogP contribution in [0.15, 0.2) is 36.1 Å². The maximum absolute atomic E-state index is 5.87. The highest BCUT2D eigenvalue weighted by Crippen LogP contribution is 2.33. The van der Waals surface area contributed by atoms with Crippen LogP contribution in [0, 0.1) is 0 Å². The number of thioether (sulfide) groups is 1. The van der Waals surface area contributed by atoms with E-state index in [1.807, 2.05) is 26.0 Å². The molecule has 4 nitrogen and oxygen atoms in total. The van der Waals surface area contributed by atoms with Gasteiger partial charge in [0.25, 0.3) is 0 Å². The lowest BCUT2D eigenvalue weighted by molar-refractivity contribution is 0.944. The van der Waals surface area contributed by atoms with E-state index >= 15 is 0 Å². The Hall–Kier alpha value is -1.59. The summed E-state index contributed by atoms with van der Waals surface area (Å²) in [5, 5.41) is 0.980. The monoisotopic (exact) mass is 306 g/mol. The maximum Gasteiger partial charge on any atom is 0.191 e. The second kappa shape index (κ2) is 6.24. The molecule has 0 saturated heterocycles. The van der Waals surface area contributed by atoms with Gasteiger partial charge in [0.1, 0.15) is 11.0 Å². The van der Waals surface area contributed by atoms with Crippen molar-refractivity contribution in [1.82, 2.24) is 15.0 Å². The predicted molar refractivity (Wildman–Crippen MR) is 84.7 cm³/mol. The van der Waals surface area contributed by atoms with Gasteiger partial charge >= 0.3 is 0 Å². The lowest BCUT2D eigenvalue weighted by Crippen LogP contribution is -1.98. The second-order valence-corrected chi connectivity index (χ2v) is 6.10. The Labute approximate surface area is 127 Å². The molecule has 0 aliphatic heterocycles. The van der Waals surface area contributed by atoms with Gasteiger partial charge in [-0.2, -0.15) is 0 Å². The van der Waals surface area contributed by atoms with Crippen LogP contribution in [0.3, 0.4) is 0 Å². The van der Waals surface area contributed by atoms with Gasteiger partial charge in [-0.15, -0.1) is 0 Å². The quantitative estimate of drug-likeness (QED) is 0.525. The van der Waals surface area contributed by atoms with Crippen molar-refractivity contribution in [3.8, 4) is 0 Å². The molecule has 20 heavy (non-hydrogen) atoms. The van der Waals surface area contributed by atoms with E-state index in [9.17, 15) is 0 Å². The molecule has 2 N–H and O–H groups in total. The van der Waals surface area contributed by atoms with Gasteiger partial charge in [-0.3, -0.25) is 4.98 Å². The number of anilines is 1. The first-order valence-corrected chi connectivity index (χ1v) is 7.30. The fourth-order valence-electron chi connectivity index (χ4n) is 1.62. The largest absolute Gasteiger partial charge is 0.384 e. The van der Waals surface area contributed by atoms with E-state index in [4.69, 9.17) is 17.3 Å². The zero-order valence-electron chi connectivity index (χ0n) is 11.3. The van der Waals surface area contributed by atoms with Crippen molar-refractivity contribution in [3.63, 3.8) is 0 Å². The Morgan fingerprint density at radius 1 is 1.40 bits per heavy atom. The summed E-state index contributed by atoms with van der Waals surface area (Å²) in [6.45, 7) is 7.95. The predicted octanol–water partition coefficient (Wildman–Crippen LogP) is 3.99. The van der Waals surface area contributed by atoms with E-state index in [-0.39, 0.29) is 5.25 Å². The van der Waals surface area contributed by atoms with Crippen LogP contribution in [0.5, 0.6) is 0 Å². The molecule has 104 valence electrons. The number of hydrogen-bond acceptors (Lipinski definition) is 5. The van der Waals surface area contributed by atoms with Crippen LogP contribution in [-0.4, -0.2) is 15.0 Å². The van der Waals surface area contributed by atoms with E-state index in [1.54, 1.807) is 6.20 Å². The third-order valence-corrected chi connectivity index (χ3v) is 3.85. The standard InChI is InChI=1S/C14H15ClN4S/c1-8(2)10-4-5-17-11(6-10)9(3)20-14-18-12(15)7-13(16)19-14/h4-7,9H,1H2,2-3H3,(H2,16,18,19). The highest BCUT2D eigenvalue weighted by Gasteiger charge is 2.12. The minimum atomic E-state index is 0.0900. The van der Waals surface area contributed by atoms with Crippen LogP contribution in [0.1, 0.15) is 30.4 Å². The molecule has 6 heteroatoms. The average Bonchev–Trinajstić information content (AvgIpc) is 2.37. The van der Waals surface area contributed by atoms with Crippen molar-refractivity contribution in [2.45, 2.75) is 24.3 Å². The van der Waals surface area contributed by atoms with Crippen molar-refractivity contribution in [1.29, 1.82) is 0 Å². The summed E-state index contributed by atoms with van der Waals surface area (Å²) in [5.41, 5.74) is 8.69. The number of hydrogen-bond donors (Lipinski definition) is 1.